The van der Waals surface area contributed by atoms with E-state index in [-0.39, 0.29) is 12.1 Å². The standard InChI is InChI=1S/C18H16N4O3S/c1-3-13-8-14-17(26-13)19-10-22(18(14)23)9-15-20-16(21-25-15)11-4-6-12(24-2)7-5-11/h4-8,10H,3,9H2,1-2H3. The predicted octanol–water partition coefficient (Wildman–Crippen LogP) is 3.13. The fourth-order valence-electron chi connectivity index (χ4n) is 2.62. The van der Waals surface area contributed by atoms with E-state index in [9.17, 15) is 4.79 Å². The number of nitrogens with zero attached hydrogens (tertiary/aromatic N) is 4. The molecular weight excluding hydrogens is 352 g/mol. The first-order chi connectivity index (χ1) is 12.7. The molecule has 0 radical (unpaired) electrons. The van der Waals surface area contributed by atoms with Gasteiger partial charge in [0.2, 0.25) is 11.7 Å². The first-order valence-corrected chi connectivity index (χ1v) is 8.94. The van der Waals surface area contributed by atoms with Gasteiger partial charge in [-0.3, -0.25) is 9.36 Å². The Morgan fingerprint density at radius 1 is 1.27 bits per heavy atom. The number of hydrogen-bond acceptors (Lipinski definition) is 7. The number of hydrogen-bond donors (Lipinski definition) is 0. The molecule has 0 saturated carbocycles. The molecule has 0 aliphatic carbocycles. The van der Waals surface area contributed by atoms with Crippen LogP contribution in [0.25, 0.3) is 21.6 Å². The SMILES string of the molecule is CCc1cc2c(=O)n(Cc3nc(-c4ccc(OC)cc4)no3)cnc2s1. The fraction of sp³-hybridized carbons (Fsp3) is 0.222. The van der Waals surface area contributed by atoms with E-state index in [0.717, 1.165) is 27.4 Å². The molecule has 26 heavy (non-hydrogen) atoms. The lowest BCUT2D eigenvalue weighted by Gasteiger charge is -2.00. The van der Waals surface area contributed by atoms with Gasteiger partial charge in [0.05, 0.1) is 18.8 Å². The second-order valence-electron chi connectivity index (χ2n) is 5.70. The van der Waals surface area contributed by atoms with Crippen LogP contribution in [0.15, 0.2) is 46.0 Å². The molecule has 4 rings (SSSR count). The van der Waals surface area contributed by atoms with Crippen LogP contribution in [0.5, 0.6) is 5.75 Å². The van der Waals surface area contributed by atoms with Crippen molar-refractivity contribution < 1.29 is 9.26 Å². The Hall–Kier alpha value is -3.00. The zero-order valence-corrected chi connectivity index (χ0v) is 15.1. The minimum Gasteiger partial charge on any atom is -0.497 e. The zero-order chi connectivity index (χ0) is 18.1. The van der Waals surface area contributed by atoms with E-state index in [1.807, 2.05) is 30.3 Å². The molecule has 0 spiro atoms. The maximum absolute atomic E-state index is 12.6. The van der Waals surface area contributed by atoms with Gasteiger partial charge in [-0.2, -0.15) is 4.98 Å². The summed E-state index contributed by atoms with van der Waals surface area (Å²) in [7, 11) is 1.61. The van der Waals surface area contributed by atoms with Crippen LogP contribution in [0.4, 0.5) is 0 Å². The molecule has 132 valence electrons. The Labute approximate surface area is 152 Å². The van der Waals surface area contributed by atoms with Crippen LogP contribution in [-0.4, -0.2) is 26.8 Å². The minimum atomic E-state index is -0.102. The van der Waals surface area contributed by atoms with Crippen LogP contribution in [0, 0.1) is 0 Å². The van der Waals surface area contributed by atoms with E-state index in [0.29, 0.717) is 17.1 Å². The normalized spacial score (nSPS) is 11.2. The second-order valence-corrected chi connectivity index (χ2v) is 6.82. The van der Waals surface area contributed by atoms with Gasteiger partial charge in [0.1, 0.15) is 17.1 Å². The summed E-state index contributed by atoms with van der Waals surface area (Å²) >= 11 is 1.54. The lowest BCUT2D eigenvalue weighted by atomic mass is 10.2. The van der Waals surface area contributed by atoms with E-state index in [2.05, 4.69) is 22.0 Å². The quantitative estimate of drug-likeness (QED) is 0.538. The van der Waals surface area contributed by atoms with Gasteiger partial charge in [0.15, 0.2) is 0 Å². The molecule has 0 atom stereocenters. The van der Waals surface area contributed by atoms with Crippen LogP contribution in [-0.2, 0) is 13.0 Å². The van der Waals surface area contributed by atoms with Crippen LogP contribution in [0.1, 0.15) is 17.7 Å². The third kappa shape index (κ3) is 2.99. The summed E-state index contributed by atoms with van der Waals surface area (Å²) in [5.74, 6) is 1.57. The Balaban J connectivity index is 1.61. The van der Waals surface area contributed by atoms with E-state index in [1.165, 1.54) is 10.9 Å². The Kier molecular flexibility index (Phi) is 4.26. The third-order valence-corrected chi connectivity index (χ3v) is 5.23. The molecule has 0 unspecified atom stereocenters. The molecule has 0 aliphatic rings. The molecule has 0 bridgehead atoms. The summed E-state index contributed by atoms with van der Waals surface area (Å²) in [6.07, 6.45) is 2.41. The first kappa shape index (κ1) is 16.5. The number of thiophene rings is 1. The molecule has 1 aromatic carbocycles. The summed E-state index contributed by atoms with van der Waals surface area (Å²) in [5.41, 5.74) is 0.710. The number of aromatic nitrogens is 4. The van der Waals surface area contributed by atoms with E-state index in [4.69, 9.17) is 9.26 Å². The molecule has 3 heterocycles. The molecule has 0 aliphatic heterocycles. The summed E-state index contributed by atoms with van der Waals surface area (Å²) in [6.45, 7) is 2.24. The summed E-state index contributed by atoms with van der Waals surface area (Å²) in [4.78, 5) is 23.3. The molecule has 4 aromatic rings. The van der Waals surface area contributed by atoms with Crippen LogP contribution in [0.2, 0.25) is 0 Å². The van der Waals surface area contributed by atoms with E-state index < -0.39 is 0 Å². The molecule has 7 nitrogen and oxygen atoms in total. The number of benzene rings is 1. The van der Waals surface area contributed by atoms with Gasteiger partial charge in [-0.1, -0.05) is 12.1 Å². The smallest absolute Gasteiger partial charge is 0.262 e. The highest BCUT2D eigenvalue weighted by Crippen LogP contribution is 2.22. The van der Waals surface area contributed by atoms with Gasteiger partial charge in [0.25, 0.3) is 5.56 Å². The Bertz CT molecular complexity index is 1110. The number of fused-ring (bicyclic) bond motifs is 1. The maximum atomic E-state index is 12.6. The van der Waals surface area contributed by atoms with Gasteiger partial charge < -0.3 is 9.26 Å². The third-order valence-electron chi connectivity index (χ3n) is 4.04. The molecule has 0 saturated heterocycles. The Morgan fingerprint density at radius 3 is 2.81 bits per heavy atom. The molecular formula is C18H16N4O3S. The van der Waals surface area contributed by atoms with Gasteiger partial charge in [-0.25, -0.2) is 4.98 Å². The van der Waals surface area contributed by atoms with Crippen molar-refractivity contribution >= 4 is 21.6 Å². The van der Waals surface area contributed by atoms with Crippen molar-refractivity contribution in [3.63, 3.8) is 0 Å². The minimum absolute atomic E-state index is 0.102. The number of methoxy groups -OCH3 is 1. The van der Waals surface area contributed by atoms with Crippen LogP contribution >= 0.6 is 11.3 Å². The average Bonchev–Trinajstić information content (AvgIpc) is 3.31. The summed E-state index contributed by atoms with van der Waals surface area (Å²) in [6, 6.07) is 9.27. The lowest BCUT2D eigenvalue weighted by molar-refractivity contribution is 0.369. The summed E-state index contributed by atoms with van der Waals surface area (Å²) < 4.78 is 11.9. The monoisotopic (exact) mass is 368 g/mol. The second kappa shape index (κ2) is 6.72. The molecule has 8 heteroatoms. The number of aryl methyl sites for hydroxylation is 1. The van der Waals surface area contributed by atoms with E-state index in [1.54, 1.807) is 18.4 Å². The van der Waals surface area contributed by atoms with Crippen molar-refractivity contribution in [1.82, 2.24) is 19.7 Å². The lowest BCUT2D eigenvalue weighted by Crippen LogP contribution is -2.20. The largest absolute Gasteiger partial charge is 0.497 e. The van der Waals surface area contributed by atoms with Crippen molar-refractivity contribution in [3.05, 3.63) is 57.8 Å². The summed E-state index contributed by atoms with van der Waals surface area (Å²) in [5, 5.41) is 4.62. The van der Waals surface area contributed by atoms with Crippen molar-refractivity contribution in [2.24, 2.45) is 0 Å². The van der Waals surface area contributed by atoms with Crippen molar-refractivity contribution in [2.45, 2.75) is 19.9 Å². The van der Waals surface area contributed by atoms with E-state index >= 15 is 0 Å². The van der Waals surface area contributed by atoms with Crippen molar-refractivity contribution in [1.29, 1.82) is 0 Å². The number of rotatable bonds is 5. The highest BCUT2D eigenvalue weighted by molar-refractivity contribution is 7.18. The molecule has 0 N–H and O–H groups in total. The predicted molar refractivity (Wildman–Crippen MR) is 98.6 cm³/mol. The van der Waals surface area contributed by atoms with Gasteiger partial charge in [-0.15, -0.1) is 11.3 Å². The average molecular weight is 368 g/mol. The molecule has 0 amide bonds. The first-order valence-electron chi connectivity index (χ1n) is 8.13. The van der Waals surface area contributed by atoms with Crippen molar-refractivity contribution in [2.75, 3.05) is 7.11 Å². The van der Waals surface area contributed by atoms with Gasteiger partial charge in [-0.05, 0) is 36.8 Å². The molecule has 0 fully saturated rings. The highest BCUT2D eigenvalue weighted by atomic mass is 32.1. The highest BCUT2D eigenvalue weighted by Gasteiger charge is 2.13. The molecule has 3 aromatic heterocycles. The Morgan fingerprint density at radius 2 is 2.08 bits per heavy atom. The van der Waals surface area contributed by atoms with Crippen molar-refractivity contribution in [3.8, 4) is 17.1 Å². The number of ether oxygens (including phenoxy) is 1. The van der Waals surface area contributed by atoms with Crippen LogP contribution < -0.4 is 10.3 Å². The zero-order valence-electron chi connectivity index (χ0n) is 14.3. The topological polar surface area (TPSA) is 83.0 Å². The van der Waals surface area contributed by atoms with Gasteiger partial charge in [0, 0.05) is 10.4 Å². The van der Waals surface area contributed by atoms with Crippen LogP contribution in [0.3, 0.4) is 0 Å². The van der Waals surface area contributed by atoms with Gasteiger partial charge >= 0.3 is 0 Å². The fourth-order valence-corrected chi connectivity index (χ4v) is 3.54. The maximum Gasteiger partial charge on any atom is 0.262 e.